The maximum atomic E-state index is 11.3. The van der Waals surface area contributed by atoms with Crippen LogP contribution in [0.5, 0.6) is 0 Å². The summed E-state index contributed by atoms with van der Waals surface area (Å²) in [6.45, 7) is 6.68. The first-order valence-electron chi connectivity index (χ1n) is 5.95. The van der Waals surface area contributed by atoms with Crippen LogP contribution in [0.2, 0.25) is 0 Å². The molecular formula is C13H19BrO4. The Morgan fingerprint density at radius 1 is 1.61 bits per heavy atom. The molecule has 1 rings (SSSR count). The van der Waals surface area contributed by atoms with Crippen LogP contribution in [0, 0.1) is 0 Å². The number of halogens is 1. The van der Waals surface area contributed by atoms with Gasteiger partial charge in [-0.05, 0) is 26.3 Å². The molecule has 0 radical (unpaired) electrons. The highest BCUT2D eigenvalue weighted by atomic mass is 79.9. The number of hydrogen-bond acceptors (Lipinski definition) is 4. The third-order valence-corrected chi connectivity index (χ3v) is 3.19. The molecule has 0 amide bonds. The molecule has 0 spiro atoms. The Kier molecular flexibility index (Phi) is 6.60. The maximum Gasteiger partial charge on any atom is 0.331 e. The molecule has 2 unspecified atom stereocenters. The first-order chi connectivity index (χ1) is 8.62. The van der Waals surface area contributed by atoms with Gasteiger partial charge in [0.15, 0.2) is 6.29 Å². The third kappa shape index (κ3) is 4.23. The zero-order chi connectivity index (χ0) is 13.5. The summed E-state index contributed by atoms with van der Waals surface area (Å²) >= 11 is 3.32. The summed E-state index contributed by atoms with van der Waals surface area (Å²) < 4.78 is 16.2. The van der Waals surface area contributed by atoms with Crippen LogP contribution in [0.25, 0.3) is 0 Å². The van der Waals surface area contributed by atoms with Crippen molar-refractivity contribution in [3.05, 3.63) is 23.3 Å². The van der Waals surface area contributed by atoms with Crippen molar-refractivity contribution in [2.45, 2.75) is 33.2 Å². The summed E-state index contributed by atoms with van der Waals surface area (Å²) in [5.74, 6) is -0.313. The zero-order valence-electron chi connectivity index (χ0n) is 10.9. The molecular weight excluding hydrogens is 300 g/mol. The lowest BCUT2D eigenvalue weighted by Crippen LogP contribution is -2.23. The van der Waals surface area contributed by atoms with E-state index in [-0.39, 0.29) is 18.4 Å². The van der Waals surface area contributed by atoms with Gasteiger partial charge in [-0.1, -0.05) is 22.0 Å². The summed E-state index contributed by atoms with van der Waals surface area (Å²) in [6, 6.07) is 0. The second-order valence-corrected chi connectivity index (χ2v) is 4.57. The molecule has 0 bridgehead atoms. The minimum atomic E-state index is -0.313. The van der Waals surface area contributed by atoms with Crippen molar-refractivity contribution >= 4 is 21.9 Å². The Hall–Kier alpha value is -0.650. The van der Waals surface area contributed by atoms with Crippen molar-refractivity contribution in [2.75, 3.05) is 18.5 Å². The van der Waals surface area contributed by atoms with E-state index in [0.29, 0.717) is 18.5 Å². The SMILES string of the molecule is C/C=C(\C)C1OC(=O)C=C1COC(CBr)OCC. The van der Waals surface area contributed by atoms with Gasteiger partial charge in [0, 0.05) is 18.3 Å². The van der Waals surface area contributed by atoms with E-state index in [4.69, 9.17) is 14.2 Å². The monoisotopic (exact) mass is 318 g/mol. The van der Waals surface area contributed by atoms with Crippen LogP contribution in [0.4, 0.5) is 0 Å². The second kappa shape index (κ2) is 7.71. The molecule has 0 saturated carbocycles. The summed E-state index contributed by atoms with van der Waals surface area (Å²) in [5.41, 5.74) is 1.84. The number of alkyl halides is 1. The smallest absolute Gasteiger partial charge is 0.331 e. The predicted molar refractivity (Wildman–Crippen MR) is 72.6 cm³/mol. The third-order valence-electron chi connectivity index (χ3n) is 2.66. The topological polar surface area (TPSA) is 44.8 Å². The lowest BCUT2D eigenvalue weighted by atomic mass is 10.0. The molecule has 0 aliphatic carbocycles. The molecule has 4 nitrogen and oxygen atoms in total. The average molecular weight is 319 g/mol. The molecule has 0 aromatic heterocycles. The van der Waals surface area contributed by atoms with Gasteiger partial charge >= 0.3 is 5.97 Å². The summed E-state index contributed by atoms with van der Waals surface area (Å²) in [7, 11) is 0. The van der Waals surface area contributed by atoms with Crippen LogP contribution >= 0.6 is 15.9 Å². The average Bonchev–Trinajstić information content (AvgIpc) is 2.74. The number of allylic oxidation sites excluding steroid dienone is 1. The molecule has 0 fully saturated rings. The van der Waals surface area contributed by atoms with E-state index in [1.54, 1.807) is 0 Å². The second-order valence-electron chi connectivity index (χ2n) is 3.92. The van der Waals surface area contributed by atoms with Crippen LogP contribution in [0.15, 0.2) is 23.3 Å². The Morgan fingerprint density at radius 2 is 2.33 bits per heavy atom. The molecule has 2 atom stereocenters. The van der Waals surface area contributed by atoms with Crippen molar-refractivity contribution < 1.29 is 19.0 Å². The van der Waals surface area contributed by atoms with E-state index in [0.717, 1.165) is 11.1 Å². The lowest BCUT2D eigenvalue weighted by Gasteiger charge is -2.19. The summed E-state index contributed by atoms with van der Waals surface area (Å²) in [4.78, 5) is 11.3. The van der Waals surface area contributed by atoms with Gasteiger partial charge in [0.05, 0.1) is 11.9 Å². The van der Waals surface area contributed by atoms with Crippen LogP contribution in [-0.4, -0.2) is 36.9 Å². The van der Waals surface area contributed by atoms with Crippen molar-refractivity contribution in [1.29, 1.82) is 0 Å². The van der Waals surface area contributed by atoms with Gasteiger partial charge in [-0.15, -0.1) is 0 Å². The Labute approximate surface area is 116 Å². The van der Waals surface area contributed by atoms with Gasteiger partial charge < -0.3 is 14.2 Å². The van der Waals surface area contributed by atoms with E-state index in [9.17, 15) is 4.79 Å². The number of hydrogen-bond donors (Lipinski definition) is 0. The number of cyclic esters (lactones) is 1. The van der Waals surface area contributed by atoms with Gasteiger partial charge in [0.2, 0.25) is 0 Å². The zero-order valence-corrected chi connectivity index (χ0v) is 12.5. The molecule has 0 N–H and O–H groups in total. The van der Waals surface area contributed by atoms with Gasteiger partial charge in [-0.25, -0.2) is 4.79 Å². The maximum absolute atomic E-state index is 11.3. The van der Waals surface area contributed by atoms with E-state index in [2.05, 4.69) is 15.9 Å². The quantitative estimate of drug-likeness (QED) is 0.313. The largest absolute Gasteiger partial charge is 0.450 e. The van der Waals surface area contributed by atoms with E-state index >= 15 is 0 Å². The molecule has 102 valence electrons. The number of esters is 1. The van der Waals surface area contributed by atoms with Crippen LogP contribution in [0.1, 0.15) is 20.8 Å². The van der Waals surface area contributed by atoms with Gasteiger partial charge in [0.25, 0.3) is 0 Å². The molecule has 0 aromatic carbocycles. The van der Waals surface area contributed by atoms with E-state index < -0.39 is 0 Å². The molecule has 0 aromatic rings. The molecule has 5 heteroatoms. The minimum absolute atomic E-state index is 0.292. The Bertz CT molecular complexity index is 349. The van der Waals surface area contributed by atoms with Crippen LogP contribution in [0.3, 0.4) is 0 Å². The van der Waals surface area contributed by atoms with E-state index in [1.807, 2.05) is 26.8 Å². The number of ether oxygens (including phenoxy) is 3. The van der Waals surface area contributed by atoms with Crippen LogP contribution in [-0.2, 0) is 19.0 Å². The van der Waals surface area contributed by atoms with Gasteiger partial charge in [0.1, 0.15) is 6.10 Å². The highest BCUT2D eigenvalue weighted by molar-refractivity contribution is 9.09. The summed E-state index contributed by atoms with van der Waals surface area (Å²) in [5, 5.41) is 0.593. The fraction of sp³-hybridized carbons (Fsp3) is 0.615. The highest BCUT2D eigenvalue weighted by Crippen LogP contribution is 2.23. The van der Waals surface area contributed by atoms with E-state index in [1.165, 1.54) is 6.08 Å². The van der Waals surface area contributed by atoms with Crippen molar-refractivity contribution in [1.82, 2.24) is 0 Å². The number of rotatable bonds is 7. The Balaban J connectivity index is 2.58. The first-order valence-corrected chi connectivity index (χ1v) is 7.07. The van der Waals surface area contributed by atoms with Crippen molar-refractivity contribution in [3.8, 4) is 0 Å². The van der Waals surface area contributed by atoms with Crippen molar-refractivity contribution in [3.63, 3.8) is 0 Å². The minimum Gasteiger partial charge on any atom is -0.450 e. The molecule has 0 saturated heterocycles. The summed E-state index contributed by atoms with van der Waals surface area (Å²) in [6.07, 6.45) is 2.83. The Morgan fingerprint density at radius 3 is 2.89 bits per heavy atom. The molecule has 1 heterocycles. The molecule has 18 heavy (non-hydrogen) atoms. The van der Waals surface area contributed by atoms with Crippen LogP contribution < -0.4 is 0 Å². The normalized spacial score (nSPS) is 21.8. The predicted octanol–water partition coefficient (Wildman–Crippen LogP) is 2.58. The lowest BCUT2D eigenvalue weighted by molar-refractivity contribution is -0.138. The van der Waals surface area contributed by atoms with Crippen molar-refractivity contribution in [2.24, 2.45) is 0 Å². The number of carbonyl (C=O) groups excluding carboxylic acids is 1. The molecule has 1 aliphatic heterocycles. The van der Waals surface area contributed by atoms with Gasteiger partial charge in [-0.2, -0.15) is 0 Å². The van der Waals surface area contributed by atoms with Gasteiger partial charge in [-0.3, -0.25) is 0 Å². The fourth-order valence-electron chi connectivity index (χ4n) is 1.62. The first kappa shape index (κ1) is 15.4. The highest BCUT2D eigenvalue weighted by Gasteiger charge is 2.27. The standard InChI is InChI=1S/C13H19BrO4/c1-4-9(3)13-10(6-11(15)18-13)8-17-12(7-14)16-5-2/h4,6,12-13H,5,7-8H2,1-3H3/b9-4+. The number of carbonyl (C=O) groups is 1. The molecule has 1 aliphatic rings. The fourth-order valence-corrected chi connectivity index (χ4v) is 1.99.